The molecule has 0 radical (unpaired) electrons. The molecule has 1 atom stereocenters. The molecule has 0 amide bonds. The molecule has 1 unspecified atom stereocenters. The first-order valence-electron chi connectivity index (χ1n) is 4.79. The Balaban J connectivity index is 2.12. The van der Waals surface area contributed by atoms with Crippen LogP contribution in [-0.2, 0) is 4.74 Å². The standard InChI is InChI=1S/C11H13ClO3/c1-7-3-8(14-5-9-6-15-9)4-10(13-2)11(7)12/h3-4,9H,5-6H2,1-2H3. The number of methoxy groups -OCH3 is 1. The van der Waals surface area contributed by atoms with Gasteiger partial charge in [0.15, 0.2) is 0 Å². The van der Waals surface area contributed by atoms with Crippen molar-refractivity contribution in [1.82, 2.24) is 0 Å². The first-order valence-corrected chi connectivity index (χ1v) is 5.17. The number of hydrogen-bond donors (Lipinski definition) is 0. The predicted octanol–water partition coefficient (Wildman–Crippen LogP) is 2.43. The van der Waals surface area contributed by atoms with Gasteiger partial charge in [-0.05, 0) is 18.6 Å². The van der Waals surface area contributed by atoms with Gasteiger partial charge in [-0.3, -0.25) is 0 Å². The lowest BCUT2D eigenvalue weighted by Gasteiger charge is -2.10. The minimum absolute atomic E-state index is 0.256. The Kier molecular flexibility index (Phi) is 3.03. The van der Waals surface area contributed by atoms with Crippen LogP contribution in [0, 0.1) is 6.92 Å². The molecule has 15 heavy (non-hydrogen) atoms. The summed E-state index contributed by atoms with van der Waals surface area (Å²) in [4.78, 5) is 0. The molecule has 2 rings (SSSR count). The van der Waals surface area contributed by atoms with Crippen LogP contribution >= 0.6 is 11.6 Å². The molecule has 1 heterocycles. The topological polar surface area (TPSA) is 31.0 Å². The van der Waals surface area contributed by atoms with Crippen LogP contribution in [0.25, 0.3) is 0 Å². The average molecular weight is 229 g/mol. The summed E-state index contributed by atoms with van der Waals surface area (Å²) in [5.74, 6) is 1.41. The fourth-order valence-corrected chi connectivity index (χ4v) is 1.48. The van der Waals surface area contributed by atoms with Crippen LogP contribution in [0.3, 0.4) is 0 Å². The molecule has 1 saturated heterocycles. The summed E-state index contributed by atoms with van der Waals surface area (Å²) < 4.78 is 15.7. The van der Waals surface area contributed by atoms with Crippen LogP contribution in [-0.4, -0.2) is 26.4 Å². The summed E-state index contributed by atoms with van der Waals surface area (Å²) in [6.45, 7) is 3.30. The summed E-state index contributed by atoms with van der Waals surface area (Å²) in [5.41, 5.74) is 0.947. The quantitative estimate of drug-likeness (QED) is 0.742. The van der Waals surface area contributed by atoms with E-state index < -0.39 is 0 Å². The van der Waals surface area contributed by atoms with Gasteiger partial charge >= 0.3 is 0 Å². The van der Waals surface area contributed by atoms with Crippen LogP contribution in [0.5, 0.6) is 11.5 Å². The van der Waals surface area contributed by atoms with E-state index in [0.717, 1.165) is 17.9 Å². The summed E-state index contributed by atoms with van der Waals surface area (Å²) in [7, 11) is 1.59. The monoisotopic (exact) mass is 228 g/mol. The summed E-state index contributed by atoms with van der Waals surface area (Å²) >= 11 is 6.04. The second-order valence-electron chi connectivity index (χ2n) is 3.52. The van der Waals surface area contributed by atoms with Gasteiger partial charge in [0.1, 0.15) is 24.2 Å². The van der Waals surface area contributed by atoms with Crippen LogP contribution in [0.15, 0.2) is 12.1 Å². The summed E-state index contributed by atoms with van der Waals surface area (Å²) in [6, 6.07) is 3.69. The zero-order chi connectivity index (χ0) is 10.8. The van der Waals surface area contributed by atoms with Gasteiger partial charge in [-0.15, -0.1) is 0 Å². The maximum Gasteiger partial charge on any atom is 0.141 e. The van der Waals surface area contributed by atoms with Gasteiger partial charge in [0.2, 0.25) is 0 Å². The maximum atomic E-state index is 6.04. The zero-order valence-corrected chi connectivity index (χ0v) is 9.50. The van der Waals surface area contributed by atoms with Crippen molar-refractivity contribution in [2.45, 2.75) is 13.0 Å². The third-order valence-electron chi connectivity index (χ3n) is 2.25. The molecule has 1 aromatic rings. The lowest BCUT2D eigenvalue weighted by Crippen LogP contribution is -2.04. The third kappa shape index (κ3) is 2.55. The molecule has 1 aliphatic rings. The molecule has 1 fully saturated rings. The second-order valence-corrected chi connectivity index (χ2v) is 3.90. The van der Waals surface area contributed by atoms with Gasteiger partial charge in [-0.25, -0.2) is 0 Å². The van der Waals surface area contributed by atoms with Gasteiger partial charge in [-0.2, -0.15) is 0 Å². The third-order valence-corrected chi connectivity index (χ3v) is 2.74. The van der Waals surface area contributed by atoms with E-state index in [-0.39, 0.29) is 6.10 Å². The van der Waals surface area contributed by atoms with E-state index >= 15 is 0 Å². The van der Waals surface area contributed by atoms with Crippen molar-refractivity contribution in [3.8, 4) is 11.5 Å². The normalized spacial score (nSPS) is 18.7. The van der Waals surface area contributed by atoms with Gasteiger partial charge in [0.25, 0.3) is 0 Å². The highest BCUT2D eigenvalue weighted by atomic mass is 35.5. The smallest absolute Gasteiger partial charge is 0.141 e. The zero-order valence-electron chi connectivity index (χ0n) is 8.75. The Labute approximate surface area is 93.9 Å². The van der Waals surface area contributed by atoms with Crippen LogP contribution in [0.4, 0.5) is 0 Å². The number of halogens is 1. The minimum Gasteiger partial charge on any atom is -0.495 e. The number of aryl methyl sites for hydroxylation is 1. The lowest BCUT2D eigenvalue weighted by molar-refractivity contribution is 0.262. The van der Waals surface area contributed by atoms with Crippen molar-refractivity contribution in [2.24, 2.45) is 0 Å². The Morgan fingerprint density at radius 3 is 2.87 bits per heavy atom. The molecule has 82 valence electrons. The van der Waals surface area contributed by atoms with Gasteiger partial charge < -0.3 is 14.2 Å². The summed E-state index contributed by atoms with van der Waals surface area (Å²) in [5, 5.41) is 0.632. The van der Waals surface area contributed by atoms with Crippen LogP contribution in [0.2, 0.25) is 5.02 Å². The molecule has 0 aliphatic carbocycles. The summed E-state index contributed by atoms with van der Waals surface area (Å²) in [6.07, 6.45) is 0.256. The Bertz CT molecular complexity index is 361. The van der Waals surface area contributed by atoms with E-state index in [0.29, 0.717) is 17.4 Å². The maximum absolute atomic E-state index is 6.04. The van der Waals surface area contributed by atoms with Crippen LogP contribution in [0.1, 0.15) is 5.56 Å². The molecule has 1 aliphatic heterocycles. The number of hydrogen-bond acceptors (Lipinski definition) is 3. The molecule has 1 aromatic carbocycles. The van der Waals surface area contributed by atoms with E-state index in [4.69, 9.17) is 25.8 Å². The van der Waals surface area contributed by atoms with Crippen molar-refractivity contribution in [2.75, 3.05) is 20.3 Å². The Hall–Kier alpha value is -0.930. The first kappa shape index (κ1) is 10.6. The lowest BCUT2D eigenvalue weighted by atomic mass is 10.2. The number of rotatable bonds is 4. The van der Waals surface area contributed by atoms with Gasteiger partial charge in [-0.1, -0.05) is 11.6 Å². The van der Waals surface area contributed by atoms with Crippen molar-refractivity contribution < 1.29 is 14.2 Å². The largest absolute Gasteiger partial charge is 0.495 e. The highest BCUT2D eigenvalue weighted by molar-refractivity contribution is 6.32. The van der Waals surface area contributed by atoms with Crippen molar-refractivity contribution >= 4 is 11.6 Å². The fraction of sp³-hybridized carbons (Fsp3) is 0.455. The predicted molar refractivity (Wildman–Crippen MR) is 58.0 cm³/mol. The second kappa shape index (κ2) is 4.29. The van der Waals surface area contributed by atoms with E-state index in [1.807, 2.05) is 13.0 Å². The van der Waals surface area contributed by atoms with E-state index in [2.05, 4.69) is 0 Å². The molecular weight excluding hydrogens is 216 g/mol. The molecule has 4 heteroatoms. The van der Waals surface area contributed by atoms with Crippen molar-refractivity contribution in [1.29, 1.82) is 0 Å². The van der Waals surface area contributed by atoms with Gasteiger partial charge in [0.05, 0.1) is 18.7 Å². The molecule has 0 saturated carbocycles. The van der Waals surface area contributed by atoms with Crippen molar-refractivity contribution in [3.05, 3.63) is 22.7 Å². The molecular formula is C11H13ClO3. The van der Waals surface area contributed by atoms with E-state index in [1.165, 1.54) is 0 Å². The molecule has 0 aromatic heterocycles. The Morgan fingerprint density at radius 2 is 2.27 bits per heavy atom. The Morgan fingerprint density at radius 1 is 1.53 bits per heavy atom. The number of benzene rings is 1. The molecule has 3 nitrogen and oxygen atoms in total. The fourth-order valence-electron chi connectivity index (χ4n) is 1.29. The van der Waals surface area contributed by atoms with Crippen molar-refractivity contribution in [3.63, 3.8) is 0 Å². The molecule has 0 bridgehead atoms. The molecule has 0 N–H and O–H groups in total. The average Bonchev–Trinajstić information content (AvgIpc) is 3.03. The van der Waals surface area contributed by atoms with Gasteiger partial charge in [0, 0.05) is 6.07 Å². The SMILES string of the molecule is COc1cc(OCC2CO2)cc(C)c1Cl. The van der Waals surface area contributed by atoms with E-state index in [1.54, 1.807) is 13.2 Å². The van der Waals surface area contributed by atoms with Crippen LogP contribution < -0.4 is 9.47 Å². The van der Waals surface area contributed by atoms with E-state index in [9.17, 15) is 0 Å². The minimum atomic E-state index is 0.256. The highest BCUT2D eigenvalue weighted by Crippen LogP contribution is 2.32. The highest BCUT2D eigenvalue weighted by Gasteiger charge is 2.23. The molecule has 0 spiro atoms. The number of epoxide rings is 1. The first-order chi connectivity index (χ1) is 7.20. The number of ether oxygens (including phenoxy) is 3.